The molecule has 3 aromatic carbocycles. The third kappa shape index (κ3) is 8.59. The Bertz CT molecular complexity index is 2090. The third-order valence-electron chi connectivity index (χ3n) is 9.92. The smallest absolute Gasteiger partial charge is 0.297 e. The van der Waals surface area contributed by atoms with E-state index in [2.05, 4.69) is 69.4 Å². The fourth-order valence-electron chi connectivity index (χ4n) is 5.87. The summed E-state index contributed by atoms with van der Waals surface area (Å²) in [6.07, 6.45) is 1.46. The minimum atomic E-state index is -0.807. The molecular formula is C39H44Cl3N5O5S. The highest BCUT2D eigenvalue weighted by Crippen LogP contribution is 2.39. The van der Waals surface area contributed by atoms with Gasteiger partial charge >= 0.3 is 0 Å². The first-order valence-corrected chi connectivity index (χ1v) is 19.6. The third-order valence-corrected chi connectivity index (χ3v) is 11.6. The van der Waals surface area contributed by atoms with Crippen molar-refractivity contribution in [2.45, 2.75) is 84.7 Å². The molecule has 10 nitrogen and oxygen atoms in total. The quantitative estimate of drug-likeness (QED) is 0.124. The van der Waals surface area contributed by atoms with E-state index < -0.39 is 17.6 Å². The molecule has 2 heterocycles. The molecule has 5 rings (SSSR count). The number of anilines is 3. The van der Waals surface area contributed by atoms with Crippen molar-refractivity contribution in [3.8, 4) is 11.4 Å². The second-order valence-electron chi connectivity index (χ2n) is 14.2. The first-order valence-electron chi connectivity index (χ1n) is 17.5. The molecule has 1 unspecified atom stereocenters. The lowest BCUT2D eigenvalue weighted by atomic mass is 9.76. The van der Waals surface area contributed by atoms with Gasteiger partial charge in [0.15, 0.2) is 17.6 Å². The van der Waals surface area contributed by atoms with Gasteiger partial charge in [0.2, 0.25) is 0 Å². The Balaban J connectivity index is 1.40. The molecule has 0 aliphatic carbocycles. The molecule has 1 aliphatic heterocycles. The highest BCUT2D eigenvalue weighted by atomic mass is 35.5. The number of halogens is 3. The predicted molar refractivity (Wildman–Crippen MR) is 217 cm³/mol. The lowest BCUT2D eigenvalue weighted by Crippen LogP contribution is -2.33. The van der Waals surface area contributed by atoms with Crippen LogP contribution in [-0.2, 0) is 15.6 Å². The number of amides is 3. The zero-order chi connectivity index (χ0) is 38.8. The Labute approximate surface area is 328 Å². The molecule has 3 amide bonds. The summed E-state index contributed by atoms with van der Waals surface area (Å²) in [7, 11) is 0. The zero-order valence-corrected chi connectivity index (χ0v) is 33.9. The molecular weight excluding hydrogens is 757 g/mol. The van der Waals surface area contributed by atoms with Gasteiger partial charge in [0, 0.05) is 34.1 Å². The van der Waals surface area contributed by atoms with Crippen LogP contribution in [0.3, 0.4) is 0 Å². The van der Waals surface area contributed by atoms with Gasteiger partial charge in [0.05, 0.1) is 10.0 Å². The highest BCUT2D eigenvalue weighted by Gasteiger charge is 2.33. The van der Waals surface area contributed by atoms with E-state index in [1.165, 1.54) is 28.7 Å². The van der Waals surface area contributed by atoms with Crippen LogP contribution in [0.15, 0.2) is 59.4 Å². The van der Waals surface area contributed by atoms with Crippen LogP contribution in [0.1, 0.15) is 89.2 Å². The van der Waals surface area contributed by atoms with E-state index in [1.807, 2.05) is 13.0 Å². The van der Waals surface area contributed by atoms with Gasteiger partial charge < -0.3 is 15.4 Å². The molecule has 3 N–H and O–H groups in total. The van der Waals surface area contributed by atoms with Gasteiger partial charge in [-0.25, -0.2) is 4.68 Å². The van der Waals surface area contributed by atoms with Crippen LogP contribution in [0.4, 0.5) is 22.0 Å². The van der Waals surface area contributed by atoms with Gasteiger partial charge in [-0.15, -0.1) is 0 Å². The molecule has 1 aliphatic rings. The van der Waals surface area contributed by atoms with Crippen LogP contribution in [0, 0.1) is 0 Å². The lowest BCUT2D eigenvalue weighted by Gasteiger charge is -2.31. The van der Waals surface area contributed by atoms with Crippen molar-refractivity contribution in [2.75, 3.05) is 27.8 Å². The van der Waals surface area contributed by atoms with Crippen LogP contribution in [-0.4, -0.2) is 45.2 Å². The van der Waals surface area contributed by atoms with Crippen molar-refractivity contribution in [2.24, 2.45) is 0 Å². The van der Waals surface area contributed by atoms with E-state index in [0.29, 0.717) is 23.6 Å². The molecule has 1 saturated heterocycles. The molecule has 4 aromatic rings. The van der Waals surface area contributed by atoms with Gasteiger partial charge in [-0.3, -0.25) is 29.2 Å². The number of nitrogens with one attached hydrogen (secondary N) is 3. The number of aromatic amines is 1. The number of carbonyl (C=O) groups is 3. The standard InChI is InChI=1S/C39H44Cl3N5O5S/c1-8-29(52-30-15-14-23(38(4,5)9-2)19-26(30)39(6,7)10-3)35(49)43-25-13-11-12-22(18-25)34(48)44-33-32(46-16-17-53-37(46)51)36(50)47(45-33)31-27(41)20-24(40)21-28(31)42/h11-15,18-21,29,45H,8-10,16-17H2,1-7H3,(H,43,49)(H,44,48). The normalized spacial score (nSPS) is 14.0. The number of nitrogens with zero attached hydrogens (tertiary/aromatic N) is 2. The minimum Gasteiger partial charge on any atom is -0.480 e. The maximum Gasteiger partial charge on any atom is 0.297 e. The van der Waals surface area contributed by atoms with Crippen molar-refractivity contribution in [1.82, 2.24) is 9.78 Å². The number of H-pyrrole nitrogens is 1. The van der Waals surface area contributed by atoms with Crippen molar-refractivity contribution in [3.63, 3.8) is 0 Å². The summed E-state index contributed by atoms with van der Waals surface area (Å²) in [5, 5.41) is 8.58. The predicted octanol–water partition coefficient (Wildman–Crippen LogP) is 10.2. The van der Waals surface area contributed by atoms with Gasteiger partial charge in [0.1, 0.15) is 11.4 Å². The Morgan fingerprint density at radius 2 is 1.58 bits per heavy atom. The summed E-state index contributed by atoms with van der Waals surface area (Å²) < 4.78 is 7.50. The minimum absolute atomic E-state index is 0.0143. The summed E-state index contributed by atoms with van der Waals surface area (Å²) in [5.74, 6) is 0.118. The zero-order valence-electron chi connectivity index (χ0n) is 30.8. The van der Waals surface area contributed by atoms with Crippen molar-refractivity contribution in [1.29, 1.82) is 0 Å². The summed E-state index contributed by atoms with van der Waals surface area (Å²) in [6.45, 7) is 15.2. The van der Waals surface area contributed by atoms with Crippen LogP contribution in [0.25, 0.3) is 5.69 Å². The van der Waals surface area contributed by atoms with Crippen molar-refractivity contribution < 1.29 is 19.1 Å². The maximum absolute atomic E-state index is 13.8. The molecule has 1 atom stereocenters. The largest absolute Gasteiger partial charge is 0.480 e. The van der Waals surface area contributed by atoms with E-state index in [9.17, 15) is 19.2 Å². The molecule has 0 radical (unpaired) electrons. The van der Waals surface area contributed by atoms with Gasteiger partial charge in [0.25, 0.3) is 22.6 Å². The summed E-state index contributed by atoms with van der Waals surface area (Å²) in [5.41, 5.74) is 2.00. The number of thioether (sulfide) groups is 1. The monoisotopic (exact) mass is 799 g/mol. The topological polar surface area (TPSA) is 126 Å². The number of ether oxygens (including phenoxy) is 1. The molecule has 53 heavy (non-hydrogen) atoms. The lowest BCUT2D eigenvalue weighted by molar-refractivity contribution is -0.122. The van der Waals surface area contributed by atoms with Gasteiger partial charge in [-0.2, -0.15) is 0 Å². The van der Waals surface area contributed by atoms with Crippen LogP contribution < -0.4 is 25.8 Å². The Hall–Kier alpha value is -3.90. The van der Waals surface area contributed by atoms with Crippen LogP contribution in [0.2, 0.25) is 15.1 Å². The first-order chi connectivity index (χ1) is 25.0. The highest BCUT2D eigenvalue weighted by molar-refractivity contribution is 8.14. The molecule has 1 fully saturated rings. The van der Waals surface area contributed by atoms with E-state index in [0.717, 1.165) is 34.8 Å². The maximum atomic E-state index is 13.8. The number of hydrogen-bond donors (Lipinski definition) is 3. The number of hydrogen-bond acceptors (Lipinski definition) is 6. The van der Waals surface area contributed by atoms with E-state index in [1.54, 1.807) is 18.2 Å². The fraction of sp³-hybridized carbons (Fsp3) is 0.385. The fourth-order valence-corrected chi connectivity index (χ4v) is 7.64. The Kier molecular flexibility index (Phi) is 12.3. The SMILES string of the molecule is CCC(Oc1ccc(C(C)(C)CC)cc1C(C)(C)CC)C(=O)Nc1cccc(C(=O)Nc2[nH]n(-c3c(Cl)cc(Cl)cc3Cl)c(=O)c2N2CCSC2=O)c1. The summed E-state index contributed by atoms with van der Waals surface area (Å²) in [4.78, 5) is 55.1. The second-order valence-corrected chi connectivity index (χ2v) is 16.5. The molecule has 1 aromatic heterocycles. The van der Waals surface area contributed by atoms with Gasteiger partial charge in [-0.1, -0.05) is 113 Å². The number of benzene rings is 3. The summed E-state index contributed by atoms with van der Waals surface area (Å²) in [6, 6.07) is 15.5. The van der Waals surface area contributed by atoms with E-state index in [4.69, 9.17) is 39.5 Å². The van der Waals surface area contributed by atoms with Crippen molar-refractivity contribution >= 4 is 80.8 Å². The summed E-state index contributed by atoms with van der Waals surface area (Å²) >= 11 is 20.0. The number of aromatic nitrogens is 2. The molecule has 14 heteroatoms. The molecule has 0 saturated carbocycles. The van der Waals surface area contributed by atoms with E-state index in [-0.39, 0.29) is 66.3 Å². The van der Waals surface area contributed by atoms with Gasteiger partial charge in [-0.05, 0) is 72.1 Å². The Morgan fingerprint density at radius 1 is 0.906 bits per heavy atom. The number of carbonyl (C=O) groups excluding carboxylic acids is 3. The number of rotatable bonds is 13. The first kappa shape index (κ1) is 40.3. The Morgan fingerprint density at radius 3 is 2.19 bits per heavy atom. The van der Waals surface area contributed by atoms with E-state index >= 15 is 0 Å². The molecule has 282 valence electrons. The average Bonchev–Trinajstić information content (AvgIpc) is 3.67. The van der Waals surface area contributed by atoms with Crippen LogP contribution in [0.5, 0.6) is 5.75 Å². The molecule has 0 bridgehead atoms. The van der Waals surface area contributed by atoms with Crippen LogP contribution >= 0.6 is 46.6 Å². The second kappa shape index (κ2) is 16.2. The average molecular weight is 801 g/mol. The molecule has 0 spiro atoms. The van der Waals surface area contributed by atoms with Crippen molar-refractivity contribution in [3.05, 3.63) is 96.7 Å².